The summed E-state index contributed by atoms with van der Waals surface area (Å²) >= 11 is 1.39. The van der Waals surface area contributed by atoms with Crippen LogP contribution in [-0.4, -0.2) is 45.8 Å². The number of hydrogen-bond donors (Lipinski definition) is 1. The number of nitrogens with zero attached hydrogens (tertiary/aromatic N) is 3. The average Bonchev–Trinajstić information content (AvgIpc) is 3.35. The largest absolute Gasteiger partial charge is 0.357 e. The van der Waals surface area contributed by atoms with Crippen molar-refractivity contribution in [2.45, 2.75) is 25.3 Å². The van der Waals surface area contributed by atoms with E-state index in [9.17, 15) is 9.59 Å². The Hall–Kier alpha value is -3.06. The monoisotopic (exact) mass is 406 g/mol. The normalized spacial score (nSPS) is 14.2. The molecule has 3 aromatic rings. The highest BCUT2D eigenvalue weighted by atomic mass is 32.1. The van der Waals surface area contributed by atoms with Gasteiger partial charge in [-0.05, 0) is 25.8 Å². The van der Waals surface area contributed by atoms with Gasteiger partial charge in [-0.3, -0.25) is 14.6 Å². The first kappa shape index (κ1) is 19.3. The molecule has 0 unspecified atom stereocenters. The van der Waals surface area contributed by atoms with E-state index in [1.807, 2.05) is 47.4 Å². The summed E-state index contributed by atoms with van der Waals surface area (Å²) in [5.74, 6) is -0.0879. The second kappa shape index (κ2) is 8.13. The molecule has 2 amide bonds. The van der Waals surface area contributed by atoms with Gasteiger partial charge in [-0.25, -0.2) is 4.98 Å². The molecule has 0 bridgehead atoms. The van der Waals surface area contributed by atoms with E-state index in [1.54, 1.807) is 12.4 Å². The summed E-state index contributed by atoms with van der Waals surface area (Å²) in [4.78, 5) is 35.8. The predicted molar refractivity (Wildman–Crippen MR) is 114 cm³/mol. The summed E-state index contributed by atoms with van der Waals surface area (Å²) in [7, 11) is 0. The van der Waals surface area contributed by atoms with E-state index >= 15 is 0 Å². The summed E-state index contributed by atoms with van der Waals surface area (Å²) in [6.07, 6.45) is 6.12. The number of rotatable bonds is 8. The molecule has 0 aliphatic heterocycles. The first-order valence-corrected chi connectivity index (χ1v) is 10.4. The van der Waals surface area contributed by atoms with E-state index < -0.39 is 0 Å². The lowest BCUT2D eigenvalue weighted by Crippen LogP contribution is -2.44. The summed E-state index contributed by atoms with van der Waals surface area (Å²) in [5, 5.41) is 3.11. The molecule has 148 valence electrons. The first-order chi connectivity index (χ1) is 14.1. The molecule has 0 atom stereocenters. The van der Waals surface area contributed by atoms with Crippen LogP contribution >= 0.6 is 11.3 Å². The van der Waals surface area contributed by atoms with Crippen molar-refractivity contribution in [1.82, 2.24) is 20.2 Å². The van der Waals surface area contributed by atoms with Crippen molar-refractivity contribution in [1.29, 1.82) is 0 Å². The van der Waals surface area contributed by atoms with Gasteiger partial charge in [0.2, 0.25) is 6.41 Å². The van der Waals surface area contributed by atoms with Gasteiger partial charge in [-0.2, -0.15) is 0 Å². The molecular formula is C22H22N4O2S. The highest BCUT2D eigenvalue weighted by Crippen LogP contribution is 2.43. The van der Waals surface area contributed by atoms with Gasteiger partial charge in [0.15, 0.2) is 5.01 Å². The SMILES string of the molecule is CC1(N(CCNC=O)C(=O)c2nc(-c3ccccc3)c(-c3cccnc3)s2)CC1. The molecule has 1 aromatic carbocycles. The molecule has 1 fully saturated rings. The fourth-order valence-electron chi connectivity index (χ4n) is 3.31. The highest BCUT2D eigenvalue weighted by molar-refractivity contribution is 7.17. The number of hydrogen-bond acceptors (Lipinski definition) is 5. The molecule has 0 saturated heterocycles. The van der Waals surface area contributed by atoms with Crippen LogP contribution in [0, 0.1) is 0 Å². The van der Waals surface area contributed by atoms with Crippen LogP contribution < -0.4 is 5.32 Å². The maximum atomic E-state index is 13.4. The van der Waals surface area contributed by atoms with Crippen LogP contribution in [0.4, 0.5) is 0 Å². The van der Waals surface area contributed by atoms with Crippen LogP contribution in [0.5, 0.6) is 0 Å². The summed E-state index contributed by atoms with van der Waals surface area (Å²) in [5.41, 5.74) is 2.54. The number of nitrogens with one attached hydrogen (secondary N) is 1. The maximum Gasteiger partial charge on any atom is 0.283 e. The molecular weight excluding hydrogens is 384 g/mol. The van der Waals surface area contributed by atoms with Crippen molar-refractivity contribution in [3.63, 3.8) is 0 Å². The number of pyridine rings is 1. The van der Waals surface area contributed by atoms with Crippen LogP contribution in [0.25, 0.3) is 21.7 Å². The zero-order valence-corrected chi connectivity index (χ0v) is 17.0. The van der Waals surface area contributed by atoms with Crippen molar-refractivity contribution < 1.29 is 9.59 Å². The molecule has 29 heavy (non-hydrogen) atoms. The van der Waals surface area contributed by atoms with E-state index in [1.165, 1.54) is 11.3 Å². The number of carbonyl (C=O) groups is 2. The summed E-state index contributed by atoms with van der Waals surface area (Å²) < 4.78 is 0. The Morgan fingerprint density at radius 2 is 1.97 bits per heavy atom. The van der Waals surface area contributed by atoms with Gasteiger partial charge in [0.05, 0.1) is 10.6 Å². The number of amides is 2. The Bertz CT molecular complexity index is 943. The third-order valence-corrected chi connectivity index (χ3v) is 6.31. The van der Waals surface area contributed by atoms with E-state index in [-0.39, 0.29) is 11.4 Å². The third kappa shape index (κ3) is 4.05. The van der Waals surface area contributed by atoms with Crippen molar-refractivity contribution in [2.75, 3.05) is 13.1 Å². The van der Waals surface area contributed by atoms with Crippen molar-refractivity contribution in [3.05, 3.63) is 59.9 Å². The molecule has 6 nitrogen and oxygen atoms in total. The number of aromatic nitrogens is 2. The molecule has 2 aromatic heterocycles. The Balaban J connectivity index is 1.73. The molecule has 1 aliphatic rings. The van der Waals surface area contributed by atoms with Gasteiger partial charge in [0, 0.05) is 42.1 Å². The van der Waals surface area contributed by atoms with Crippen molar-refractivity contribution in [2.24, 2.45) is 0 Å². The van der Waals surface area contributed by atoms with E-state index in [4.69, 9.17) is 4.98 Å². The van der Waals surface area contributed by atoms with Gasteiger partial charge < -0.3 is 10.2 Å². The van der Waals surface area contributed by atoms with E-state index in [0.717, 1.165) is 34.5 Å². The minimum absolute atomic E-state index is 0.0879. The molecule has 1 aliphatic carbocycles. The molecule has 0 spiro atoms. The smallest absolute Gasteiger partial charge is 0.283 e. The van der Waals surface area contributed by atoms with Crippen LogP contribution in [0.1, 0.15) is 29.6 Å². The van der Waals surface area contributed by atoms with Crippen LogP contribution in [0.15, 0.2) is 54.9 Å². The molecule has 1 saturated carbocycles. The molecule has 2 heterocycles. The minimum Gasteiger partial charge on any atom is -0.357 e. The second-order valence-electron chi connectivity index (χ2n) is 7.33. The Morgan fingerprint density at radius 3 is 2.62 bits per heavy atom. The van der Waals surface area contributed by atoms with Crippen molar-refractivity contribution >= 4 is 23.7 Å². The molecule has 4 rings (SSSR count). The Kier molecular flexibility index (Phi) is 5.40. The lowest BCUT2D eigenvalue weighted by atomic mass is 10.1. The first-order valence-electron chi connectivity index (χ1n) is 9.58. The number of carbonyl (C=O) groups excluding carboxylic acids is 2. The third-order valence-electron chi connectivity index (χ3n) is 5.21. The zero-order chi connectivity index (χ0) is 20.3. The lowest BCUT2D eigenvalue weighted by molar-refractivity contribution is -0.109. The quantitative estimate of drug-likeness (QED) is 0.458. The topological polar surface area (TPSA) is 75.2 Å². The highest BCUT2D eigenvalue weighted by Gasteiger charge is 2.46. The van der Waals surface area contributed by atoms with E-state index in [0.29, 0.717) is 24.5 Å². The fraction of sp³-hybridized carbons (Fsp3) is 0.273. The summed E-state index contributed by atoms with van der Waals surface area (Å²) in [6.45, 7) is 2.98. The second-order valence-corrected chi connectivity index (χ2v) is 8.33. The van der Waals surface area contributed by atoms with E-state index in [2.05, 4.69) is 17.2 Å². The zero-order valence-electron chi connectivity index (χ0n) is 16.2. The minimum atomic E-state index is -0.158. The lowest BCUT2D eigenvalue weighted by Gasteiger charge is -2.28. The Morgan fingerprint density at radius 1 is 1.21 bits per heavy atom. The van der Waals surface area contributed by atoms with Gasteiger partial charge in [0.1, 0.15) is 0 Å². The number of thiazole rings is 1. The molecule has 0 radical (unpaired) electrons. The molecule has 1 N–H and O–H groups in total. The van der Waals surface area contributed by atoms with Gasteiger partial charge >= 0.3 is 0 Å². The van der Waals surface area contributed by atoms with Crippen LogP contribution in [0.2, 0.25) is 0 Å². The Labute approximate surface area is 173 Å². The van der Waals surface area contributed by atoms with Crippen molar-refractivity contribution in [3.8, 4) is 21.7 Å². The maximum absolute atomic E-state index is 13.4. The average molecular weight is 407 g/mol. The predicted octanol–water partition coefficient (Wildman–Crippen LogP) is 3.61. The number of benzene rings is 1. The summed E-state index contributed by atoms with van der Waals surface area (Å²) in [6, 6.07) is 13.7. The fourth-order valence-corrected chi connectivity index (χ4v) is 4.34. The van der Waals surface area contributed by atoms with Gasteiger partial charge in [-0.1, -0.05) is 36.4 Å². The molecule has 7 heteroatoms. The van der Waals surface area contributed by atoms with Gasteiger partial charge in [0.25, 0.3) is 5.91 Å². The van der Waals surface area contributed by atoms with Gasteiger partial charge in [-0.15, -0.1) is 11.3 Å². The van der Waals surface area contributed by atoms with Crippen LogP contribution in [0.3, 0.4) is 0 Å². The van der Waals surface area contributed by atoms with Crippen LogP contribution in [-0.2, 0) is 4.79 Å². The standard InChI is InChI=1S/C22H22N4O2S/c1-22(9-10-22)26(13-12-24-15-27)21(28)20-25-18(16-6-3-2-4-7-16)19(29-20)17-8-5-11-23-14-17/h2-8,11,14-15H,9-10,12-13H2,1H3,(H,24,27).